The van der Waals surface area contributed by atoms with E-state index >= 15 is 0 Å². The van der Waals surface area contributed by atoms with Gasteiger partial charge < -0.3 is 15.7 Å². The van der Waals surface area contributed by atoms with Crippen LogP contribution in [0.5, 0.6) is 0 Å². The molecule has 0 fully saturated rings. The fourth-order valence-electron chi connectivity index (χ4n) is 2.47. The Hall–Kier alpha value is -2.34. The quantitative estimate of drug-likeness (QED) is 0.724. The summed E-state index contributed by atoms with van der Waals surface area (Å²) in [5, 5.41) is 14.6. The molecule has 0 unspecified atom stereocenters. The summed E-state index contributed by atoms with van der Waals surface area (Å²) in [5.74, 6) is -1.07. The van der Waals surface area contributed by atoms with E-state index in [4.69, 9.17) is 0 Å². The van der Waals surface area contributed by atoms with E-state index in [1.165, 1.54) is 0 Å². The second-order valence-electron chi connectivity index (χ2n) is 5.59. The molecule has 0 bridgehead atoms. The van der Waals surface area contributed by atoms with Crippen molar-refractivity contribution in [1.82, 2.24) is 5.32 Å². The van der Waals surface area contributed by atoms with Crippen LogP contribution in [0.4, 0.5) is 10.5 Å². The minimum absolute atomic E-state index is 0.224. The van der Waals surface area contributed by atoms with Gasteiger partial charge in [-0.25, -0.2) is 9.59 Å². The number of urea groups is 1. The molecule has 2 aromatic rings. The highest BCUT2D eigenvalue weighted by Gasteiger charge is 2.21. The first-order valence-corrected chi connectivity index (χ1v) is 8.27. The van der Waals surface area contributed by atoms with Gasteiger partial charge in [-0.05, 0) is 42.7 Å². The van der Waals surface area contributed by atoms with Crippen molar-refractivity contribution in [2.45, 2.75) is 26.3 Å². The molecule has 0 heterocycles. The van der Waals surface area contributed by atoms with Crippen LogP contribution in [-0.4, -0.2) is 23.1 Å². The molecule has 5 nitrogen and oxygen atoms in total. The third-order valence-corrected chi connectivity index (χ3v) is 4.08. The van der Waals surface area contributed by atoms with Crippen molar-refractivity contribution in [3.8, 4) is 0 Å². The fraction of sp³-hybridized carbons (Fsp3) is 0.222. The third-order valence-electron chi connectivity index (χ3n) is 3.62. The monoisotopic (exact) mass is 390 g/mol. The lowest BCUT2D eigenvalue weighted by atomic mass is 10.1. The Balaban J connectivity index is 2.07. The molecule has 0 aromatic heterocycles. The van der Waals surface area contributed by atoms with Gasteiger partial charge in [-0.1, -0.05) is 46.3 Å². The minimum Gasteiger partial charge on any atom is -0.480 e. The van der Waals surface area contributed by atoms with Crippen molar-refractivity contribution in [2.75, 3.05) is 5.32 Å². The minimum atomic E-state index is -1.07. The zero-order valence-corrected chi connectivity index (χ0v) is 15.1. The number of anilines is 1. The molecule has 2 aromatic carbocycles. The molecule has 2 rings (SSSR count). The molecule has 0 spiro atoms. The normalized spacial score (nSPS) is 11.6. The summed E-state index contributed by atoms with van der Waals surface area (Å²) in [5.41, 5.74) is 3.32. The smallest absolute Gasteiger partial charge is 0.326 e. The summed E-state index contributed by atoms with van der Waals surface area (Å²) in [6.45, 7) is 3.76. The van der Waals surface area contributed by atoms with Crippen LogP contribution in [0.3, 0.4) is 0 Å². The zero-order valence-electron chi connectivity index (χ0n) is 13.5. The number of hydrogen-bond acceptors (Lipinski definition) is 2. The molecule has 3 N–H and O–H groups in total. The topological polar surface area (TPSA) is 78.4 Å². The first kappa shape index (κ1) is 18.0. The average molecular weight is 391 g/mol. The predicted octanol–water partition coefficient (Wildman–Crippen LogP) is 3.88. The number of hydrogen-bond donors (Lipinski definition) is 3. The number of benzene rings is 2. The number of carboxylic acid groups (broad SMARTS) is 1. The van der Waals surface area contributed by atoms with E-state index in [0.717, 1.165) is 21.2 Å². The van der Waals surface area contributed by atoms with Crippen molar-refractivity contribution in [3.63, 3.8) is 0 Å². The van der Waals surface area contributed by atoms with Crippen molar-refractivity contribution in [1.29, 1.82) is 0 Å². The lowest BCUT2D eigenvalue weighted by molar-refractivity contribution is -0.139. The number of halogens is 1. The molecule has 0 aliphatic rings. The lowest BCUT2D eigenvalue weighted by Crippen LogP contribution is -2.44. The van der Waals surface area contributed by atoms with E-state index < -0.39 is 18.0 Å². The van der Waals surface area contributed by atoms with E-state index in [-0.39, 0.29) is 6.42 Å². The Morgan fingerprint density at radius 1 is 1.12 bits per heavy atom. The predicted molar refractivity (Wildman–Crippen MR) is 97.3 cm³/mol. The van der Waals surface area contributed by atoms with Crippen molar-refractivity contribution in [2.24, 2.45) is 0 Å². The van der Waals surface area contributed by atoms with Crippen LogP contribution >= 0.6 is 15.9 Å². The second-order valence-corrected chi connectivity index (χ2v) is 6.51. The Labute approximate surface area is 149 Å². The molecule has 6 heteroatoms. The number of aryl methyl sites for hydroxylation is 2. The number of nitrogens with one attached hydrogen (secondary N) is 2. The Kier molecular flexibility index (Phi) is 5.98. The number of rotatable bonds is 5. The number of carboxylic acids is 1. The average Bonchev–Trinajstić information content (AvgIpc) is 2.51. The van der Waals surface area contributed by atoms with Gasteiger partial charge in [-0.15, -0.1) is 0 Å². The van der Waals surface area contributed by atoms with Crippen molar-refractivity contribution >= 4 is 33.6 Å². The van der Waals surface area contributed by atoms with Gasteiger partial charge in [0.05, 0.1) is 0 Å². The van der Waals surface area contributed by atoms with Crippen molar-refractivity contribution in [3.05, 3.63) is 63.6 Å². The van der Waals surface area contributed by atoms with Crippen LogP contribution in [0, 0.1) is 13.8 Å². The third kappa shape index (κ3) is 4.83. The maximum absolute atomic E-state index is 12.2. The molecule has 2 amide bonds. The molecule has 0 aliphatic carbocycles. The largest absolute Gasteiger partial charge is 0.480 e. The van der Waals surface area contributed by atoms with E-state index in [2.05, 4.69) is 26.6 Å². The highest BCUT2D eigenvalue weighted by molar-refractivity contribution is 9.10. The SMILES string of the molecule is Cc1cc(Br)cc(C)c1NC(=O)N[C@@H](Cc1ccccc1)C(=O)O. The number of carbonyl (C=O) groups is 2. The number of amides is 2. The summed E-state index contributed by atoms with van der Waals surface area (Å²) in [6, 6.07) is 11.4. The Bertz CT molecular complexity index is 724. The van der Waals surface area contributed by atoms with Crippen LogP contribution < -0.4 is 10.6 Å². The van der Waals surface area contributed by atoms with Gasteiger partial charge in [0.25, 0.3) is 0 Å². The fourth-order valence-corrected chi connectivity index (χ4v) is 3.15. The van der Waals surface area contributed by atoms with Crippen LogP contribution in [0.15, 0.2) is 46.9 Å². The molecule has 24 heavy (non-hydrogen) atoms. The molecule has 126 valence electrons. The van der Waals surface area contributed by atoms with Gasteiger partial charge in [0.1, 0.15) is 6.04 Å². The van der Waals surface area contributed by atoms with Crippen LogP contribution in [-0.2, 0) is 11.2 Å². The first-order valence-electron chi connectivity index (χ1n) is 7.48. The van der Waals surface area contributed by atoms with E-state index in [1.807, 2.05) is 56.3 Å². The highest BCUT2D eigenvalue weighted by atomic mass is 79.9. The summed E-state index contributed by atoms with van der Waals surface area (Å²) in [6.07, 6.45) is 0.224. The first-order chi connectivity index (χ1) is 11.4. The van der Waals surface area contributed by atoms with E-state index in [9.17, 15) is 14.7 Å². The molecular weight excluding hydrogens is 372 g/mol. The molecule has 0 saturated heterocycles. The van der Waals surface area contributed by atoms with Crippen molar-refractivity contribution < 1.29 is 14.7 Å². The van der Waals surface area contributed by atoms with Gasteiger partial charge in [0.15, 0.2) is 0 Å². The van der Waals surface area contributed by atoms with Crippen LogP contribution in [0.1, 0.15) is 16.7 Å². The Morgan fingerprint density at radius 2 is 1.71 bits per heavy atom. The van der Waals surface area contributed by atoms with Crippen LogP contribution in [0.25, 0.3) is 0 Å². The standard InChI is InChI=1S/C18H19BrN2O3/c1-11-8-14(19)9-12(2)16(11)21-18(24)20-15(17(22)23)10-13-6-4-3-5-7-13/h3-9,15H,10H2,1-2H3,(H,22,23)(H2,20,21,24)/t15-/m0/s1. The maximum Gasteiger partial charge on any atom is 0.326 e. The van der Waals surface area contributed by atoms with Gasteiger partial charge in [0.2, 0.25) is 0 Å². The van der Waals surface area contributed by atoms with Gasteiger partial charge >= 0.3 is 12.0 Å². The molecule has 1 atom stereocenters. The van der Waals surface area contributed by atoms with E-state index in [1.54, 1.807) is 0 Å². The molecule has 0 radical (unpaired) electrons. The van der Waals surface area contributed by atoms with Gasteiger partial charge in [0, 0.05) is 16.6 Å². The number of aliphatic carboxylic acids is 1. The van der Waals surface area contributed by atoms with Gasteiger partial charge in [-0.2, -0.15) is 0 Å². The molecular formula is C18H19BrN2O3. The second kappa shape index (κ2) is 7.97. The zero-order chi connectivity index (χ0) is 17.7. The van der Waals surface area contributed by atoms with E-state index in [0.29, 0.717) is 5.69 Å². The summed E-state index contributed by atoms with van der Waals surface area (Å²) >= 11 is 3.40. The molecule has 0 saturated carbocycles. The summed E-state index contributed by atoms with van der Waals surface area (Å²) in [4.78, 5) is 23.6. The van der Waals surface area contributed by atoms with Crippen LogP contribution in [0.2, 0.25) is 0 Å². The lowest BCUT2D eigenvalue weighted by Gasteiger charge is -2.17. The Morgan fingerprint density at radius 3 is 2.25 bits per heavy atom. The summed E-state index contributed by atoms with van der Waals surface area (Å²) < 4.78 is 0.927. The van der Waals surface area contributed by atoms with Gasteiger partial charge in [-0.3, -0.25) is 0 Å². The molecule has 0 aliphatic heterocycles. The number of carbonyl (C=O) groups excluding carboxylic acids is 1. The maximum atomic E-state index is 12.2. The summed E-state index contributed by atoms with van der Waals surface area (Å²) in [7, 11) is 0. The highest BCUT2D eigenvalue weighted by Crippen LogP contribution is 2.25.